The molecule has 0 aliphatic heterocycles. The normalized spacial score (nSPS) is 11.2. The highest BCUT2D eigenvalue weighted by atomic mass is 32.2. The molecule has 150 valence electrons. The van der Waals surface area contributed by atoms with E-state index in [4.69, 9.17) is 0 Å². The molecule has 0 unspecified atom stereocenters. The van der Waals surface area contributed by atoms with Crippen molar-refractivity contribution in [3.63, 3.8) is 0 Å². The molecule has 0 aliphatic rings. The van der Waals surface area contributed by atoms with Crippen LogP contribution in [0.5, 0.6) is 0 Å². The van der Waals surface area contributed by atoms with Crippen molar-refractivity contribution in [3.05, 3.63) is 83.2 Å². The minimum Gasteiger partial charge on any atom is -0.277 e. The fourth-order valence-electron chi connectivity index (χ4n) is 2.84. The highest BCUT2D eigenvalue weighted by Gasteiger charge is 2.20. The Labute approximate surface area is 171 Å². The fourth-order valence-corrected chi connectivity index (χ4v) is 4.15. The van der Waals surface area contributed by atoms with Crippen LogP contribution in [0.25, 0.3) is 11.0 Å². The van der Waals surface area contributed by atoms with E-state index < -0.39 is 32.9 Å². The van der Waals surface area contributed by atoms with E-state index in [-0.39, 0.29) is 4.90 Å². The number of aromatic amines is 1. The third kappa shape index (κ3) is 3.73. The molecule has 0 amide bonds. The Morgan fingerprint density at radius 2 is 1.87 bits per heavy atom. The Morgan fingerprint density at radius 3 is 2.67 bits per heavy atom. The molecule has 30 heavy (non-hydrogen) atoms. The Kier molecular flexibility index (Phi) is 4.93. The maximum atomic E-state index is 14.9. The summed E-state index contributed by atoms with van der Waals surface area (Å²) in [4.78, 5) is 4.11. The minimum absolute atomic E-state index is 0.000785. The lowest BCUT2D eigenvalue weighted by atomic mass is 10.1. The number of nitrogens with one attached hydrogen (secondary N) is 2. The summed E-state index contributed by atoms with van der Waals surface area (Å²) in [6, 6.07) is 9.92. The van der Waals surface area contributed by atoms with Crippen molar-refractivity contribution < 1.29 is 17.2 Å². The summed E-state index contributed by atoms with van der Waals surface area (Å²) in [6.45, 7) is 1.62. The van der Waals surface area contributed by atoms with Gasteiger partial charge in [-0.1, -0.05) is 30.0 Å². The van der Waals surface area contributed by atoms with E-state index in [1.165, 1.54) is 12.3 Å². The van der Waals surface area contributed by atoms with Crippen LogP contribution in [0, 0.1) is 30.4 Å². The number of hydrogen-bond donors (Lipinski definition) is 2. The molecular weight excluding hydrogens is 410 g/mol. The standard InChI is InChI=1S/C21H14F2N4O2S/c1-13-4-2-3-5-19(13)30(28,29)27-18-9-8-17(22)16(20(18)23)7-6-14-10-15-12-25-26-21(15)24-11-14/h2-5,8-12,27H,1H3,(H,24,25,26). The van der Waals surface area contributed by atoms with Gasteiger partial charge in [-0.2, -0.15) is 5.10 Å². The van der Waals surface area contributed by atoms with Gasteiger partial charge in [0.05, 0.1) is 22.3 Å². The molecule has 4 aromatic rings. The van der Waals surface area contributed by atoms with Gasteiger partial charge in [0.15, 0.2) is 11.5 Å². The van der Waals surface area contributed by atoms with Crippen molar-refractivity contribution in [2.75, 3.05) is 4.72 Å². The van der Waals surface area contributed by atoms with E-state index in [1.54, 1.807) is 37.4 Å². The molecular formula is C21H14F2N4O2S. The molecule has 2 aromatic heterocycles. The molecule has 0 saturated heterocycles. The summed E-state index contributed by atoms with van der Waals surface area (Å²) >= 11 is 0. The molecule has 0 fully saturated rings. The molecule has 0 atom stereocenters. The molecule has 2 aromatic carbocycles. The van der Waals surface area contributed by atoms with Crippen LogP contribution in [0.15, 0.2) is 59.8 Å². The van der Waals surface area contributed by atoms with Crippen molar-refractivity contribution >= 4 is 26.7 Å². The zero-order valence-corrected chi connectivity index (χ0v) is 16.4. The first kappa shape index (κ1) is 19.5. The predicted molar refractivity (Wildman–Crippen MR) is 108 cm³/mol. The monoisotopic (exact) mass is 424 g/mol. The van der Waals surface area contributed by atoms with Crippen molar-refractivity contribution in [1.82, 2.24) is 15.2 Å². The van der Waals surface area contributed by atoms with Crippen LogP contribution in [0.4, 0.5) is 14.5 Å². The summed E-state index contributed by atoms with van der Waals surface area (Å²) in [6.07, 6.45) is 2.99. The van der Waals surface area contributed by atoms with Gasteiger partial charge >= 0.3 is 0 Å². The lowest BCUT2D eigenvalue weighted by molar-refractivity contribution is 0.577. The van der Waals surface area contributed by atoms with E-state index in [0.29, 0.717) is 22.2 Å². The van der Waals surface area contributed by atoms with Gasteiger partial charge in [-0.15, -0.1) is 0 Å². The number of halogens is 2. The highest BCUT2D eigenvalue weighted by molar-refractivity contribution is 7.92. The quantitative estimate of drug-likeness (QED) is 0.491. The van der Waals surface area contributed by atoms with E-state index in [0.717, 1.165) is 12.1 Å². The maximum Gasteiger partial charge on any atom is 0.262 e. The summed E-state index contributed by atoms with van der Waals surface area (Å²) in [5.41, 5.74) is 0.536. The number of sulfonamides is 1. The Balaban J connectivity index is 1.70. The van der Waals surface area contributed by atoms with E-state index >= 15 is 0 Å². The number of rotatable bonds is 3. The third-order valence-corrected chi connectivity index (χ3v) is 5.87. The predicted octanol–water partition coefficient (Wildman–Crippen LogP) is 3.75. The number of aromatic nitrogens is 3. The summed E-state index contributed by atoms with van der Waals surface area (Å²) in [7, 11) is -4.06. The second kappa shape index (κ2) is 7.57. The van der Waals surface area contributed by atoms with Crippen LogP contribution < -0.4 is 4.72 Å². The number of fused-ring (bicyclic) bond motifs is 1. The Morgan fingerprint density at radius 1 is 1.07 bits per heavy atom. The van der Waals surface area contributed by atoms with Crippen LogP contribution >= 0.6 is 0 Å². The second-order valence-electron chi connectivity index (χ2n) is 6.44. The van der Waals surface area contributed by atoms with Gasteiger partial charge < -0.3 is 0 Å². The number of benzene rings is 2. The van der Waals surface area contributed by atoms with Gasteiger partial charge in [0.25, 0.3) is 10.0 Å². The average molecular weight is 424 g/mol. The van der Waals surface area contributed by atoms with Gasteiger partial charge in [0.2, 0.25) is 0 Å². The van der Waals surface area contributed by atoms with E-state index in [1.807, 2.05) is 0 Å². The molecule has 2 heterocycles. The van der Waals surface area contributed by atoms with Crippen molar-refractivity contribution in [2.45, 2.75) is 11.8 Å². The van der Waals surface area contributed by atoms with Crippen molar-refractivity contribution in [1.29, 1.82) is 0 Å². The molecule has 0 saturated carbocycles. The molecule has 0 bridgehead atoms. The van der Waals surface area contributed by atoms with Crippen LogP contribution in [-0.2, 0) is 10.0 Å². The number of H-pyrrole nitrogens is 1. The molecule has 4 rings (SSSR count). The maximum absolute atomic E-state index is 14.9. The fraction of sp³-hybridized carbons (Fsp3) is 0.0476. The highest BCUT2D eigenvalue weighted by Crippen LogP contribution is 2.25. The molecule has 0 radical (unpaired) electrons. The van der Waals surface area contributed by atoms with E-state index in [9.17, 15) is 17.2 Å². The van der Waals surface area contributed by atoms with Crippen LogP contribution in [0.1, 0.15) is 16.7 Å². The van der Waals surface area contributed by atoms with Gasteiger partial charge in [-0.05, 0) is 36.8 Å². The molecule has 0 spiro atoms. The van der Waals surface area contributed by atoms with Gasteiger partial charge in [0.1, 0.15) is 5.82 Å². The van der Waals surface area contributed by atoms with E-state index in [2.05, 4.69) is 31.7 Å². The Hall–Kier alpha value is -3.77. The SMILES string of the molecule is Cc1ccccc1S(=O)(=O)Nc1ccc(F)c(C#Cc2cnc3[nH]ncc3c2)c1F. The minimum atomic E-state index is -4.06. The summed E-state index contributed by atoms with van der Waals surface area (Å²) < 4.78 is 56.5. The number of aryl methyl sites for hydroxylation is 1. The first-order valence-corrected chi connectivity index (χ1v) is 10.2. The van der Waals surface area contributed by atoms with Gasteiger partial charge in [-0.25, -0.2) is 22.2 Å². The lowest BCUT2D eigenvalue weighted by Crippen LogP contribution is -2.15. The van der Waals surface area contributed by atoms with Crippen LogP contribution in [0.2, 0.25) is 0 Å². The van der Waals surface area contributed by atoms with Crippen molar-refractivity contribution in [2.24, 2.45) is 0 Å². The smallest absolute Gasteiger partial charge is 0.262 e. The number of hydrogen-bond acceptors (Lipinski definition) is 4. The lowest BCUT2D eigenvalue weighted by Gasteiger charge is -2.12. The average Bonchev–Trinajstić information content (AvgIpc) is 3.18. The zero-order valence-electron chi connectivity index (χ0n) is 15.6. The van der Waals surface area contributed by atoms with Crippen molar-refractivity contribution in [3.8, 4) is 11.8 Å². The second-order valence-corrected chi connectivity index (χ2v) is 8.09. The Bertz CT molecular complexity index is 1440. The molecule has 0 aliphatic carbocycles. The van der Waals surface area contributed by atoms with Crippen LogP contribution in [0.3, 0.4) is 0 Å². The molecule has 2 N–H and O–H groups in total. The van der Waals surface area contributed by atoms with Gasteiger partial charge in [0, 0.05) is 17.1 Å². The van der Waals surface area contributed by atoms with Gasteiger partial charge in [-0.3, -0.25) is 9.82 Å². The number of anilines is 1. The first-order chi connectivity index (χ1) is 14.3. The number of pyridine rings is 1. The summed E-state index contributed by atoms with van der Waals surface area (Å²) in [5, 5.41) is 7.23. The summed E-state index contributed by atoms with van der Waals surface area (Å²) in [5.74, 6) is 3.06. The van der Waals surface area contributed by atoms with Crippen LogP contribution in [-0.4, -0.2) is 23.6 Å². The topological polar surface area (TPSA) is 87.7 Å². The largest absolute Gasteiger partial charge is 0.277 e. The molecule has 6 nitrogen and oxygen atoms in total. The first-order valence-electron chi connectivity index (χ1n) is 8.73. The zero-order chi connectivity index (χ0) is 21.3. The third-order valence-electron chi connectivity index (χ3n) is 4.34. The number of nitrogens with zero attached hydrogens (tertiary/aromatic N) is 2. The molecule has 9 heteroatoms.